The molecule has 2 N–H and O–H groups in total. The van der Waals surface area contributed by atoms with E-state index >= 15 is 0 Å². The second kappa shape index (κ2) is 8.97. The Hall–Kier alpha value is -3.71. The Labute approximate surface area is 182 Å². The summed E-state index contributed by atoms with van der Waals surface area (Å²) in [5, 5.41) is 12.0. The van der Waals surface area contributed by atoms with Crippen molar-refractivity contribution in [2.45, 2.75) is 6.42 Å². The summed E-state index contributed by atoms with van der Waals surface area (Å²) in [6.07, 6.45) is 1.74. The first kappa shape index (κ1) is 20.6. The van der Waals surface area contributed by atoms with Gasteiger partial charge in [-0.3, -0.25) is 9.59 Å². The lowest BCUT2D eigenvalue weighted by molar-refractivity contribution is -0.136. The molecule has 1 aliphatic rings. The molecular weight excluding hydrogens is 415 g/mol. The molecule has 0 unspecified atom stereocenters. The van der Waals surface area contributed by atoms with Crippen LogP contribution in [0.2, 0.25) is 0 Å². The molecule has 3 aromatic rings. The average molecular weight is 432 g/mol. The van der Waals surface area contributed by atoms with Crippen LogP contribution in [0, 0.1) is 5.82 Å². The number of carboxylic acids is 1. The molecule has 0 aliphatic carbocycles. The fourth-order valence-corrected chi connectivity index (χ4v) is 3.87. The largest absolute Gasteiger partial charge is 0.481 e. The highest BCUT2D eigenvalue weighted by molar-refractivity contribution is 8.18. The molecule has 0 spiro atoms. The maximum atomic E-state index is 13.1. The van der Waals surface area contributed by atoms with Crippen molar-refractivity contribution in [3.63, 3.8) is 0 Å². The molecule has 1 amide bonds. The Morgan fingerprint density at radius 1 is 0.968 bits per heavy atom. The number of amides is 1. The Bertz CT molecular complexity index is 1190. The van der Waals surface area contributed by atoms with Gasteiger partial charge in [-0.1, -0.05) is 48.5 Å². The number of amidine groups is 1. The minimum absolute atomic E-state index is 0.0465. The van der Waals surface area contributed by atoms with Crippen molar-refractivity contribution in [2.24, 2.45) is 4.99 Å². The summed E-state index contributed by atoms with van der Waals surface area (Å²) in [7, 11) is 0. The standard InChI is InChI=1S/C24H17FN2O3S/c25-19-9-7-18(8-10-19)17-5-1-15(2-6-17)13-21-23(30)27-24(31-21)26-20-11-3-16(4-12-20)14-22(28)29/h1-13H,14H2,(H,28,29)(H,26,27,30). The van der Waals surface area contributed by atoms with Crippen LogP contribution in [0.5, 0.6) is 0 Å². The van der Waals surface area contributed by atoms with Crippen molar-refractivity contribution in [2.75, 3.05) is 0 Å². The molecule has 1 saturated heterocycles. The topological polar surface area (TPSA) is 78.8 Å². The molecule has 1 fully saturated rings. The first-order chi connectivity index (χ1) is 15.0. The summed E-state index contributed by atoms with van der Waals surface area (Å²) in [5.41, 5.74) is 4.05. The van der Waals surface area contributed by atoms with Crippen molar-refractivity contribution < 1.29 is 19.1 Å². The Balaban J connectivity index is 1.46. The van der Waals surface area contributed by atoms with Gasteiger partial charge in [0, 0.05) is 0 Å². The number of aliphatic imine (C=N–C) groups is 1. The zero-order valence-electron chi connectivity index (χ0n) is 16.2. The lowest BCUT2D eigenvalue weighted by Crippen LogP contribution is -2.19. The molecule has 5 nitrogen and oxygen atoms in total. The predicted molar refractivity (Wildman–Crippen MR) is 120 cm³/mol. The van der Waals surface area contributed by atoms with Gasteiger partial charge >= 0.3 is 5.97 Å². The van der Waals surface area contributed by atoms with Gasteiger partial charge in [0.05, 0.1) is 17.0 Å². The van der Waals surface area contributed by atoms with E-state index < -0.39 is 5.97 Å². The van der Waals surface area contributed by atoms with Crippen LogP contribution in [0.1, 0.15) is 11.1 Å². The molecule has 31 heavy (non-hydrogen) atoms. The molecule has 0 aromatic heterocycles. The number of carbonyl (C=O) groups is 2. The SMILES string of the molecule is O=C(O)Cc1ccc(N=C2NC(=O)C(=Cc3ccc(-c4ccc(F)cc4)cc3)S2)cc1. The zero-order valence-corrected chi connectivity index (χ0v) is 17.0. The van der Waals surface area contributed by atoms with E-state index in [2.05, 4.69) is 10.3 Å². The van der Waals surface area contributed by atoms with Gasteiger partial charge in [0.15, 0.2) is 5.17 Å². The number of hydrogen-bond donors (Lipinski definition) is 2. The van der Waals surface area contributed by atoms with Gasteiger partial charge in [-0.2, -0.15) is 0 Å². The van der Waals surface area contributed by atoms with E-state index in [9.17, 15) is 14.0 Å². The van der Waals surface area contributed by atoms with E-state index in [4.69, 9.17) is 5.11 Å². The van der Waals surface area contributed by atoms with Crippen LogP contribution in [0.15, 0.2) is 82.7 Å². The number of hydrogen-bond acceptors (Lipinski definition) is 4. The molecule has 3 aromatic carbocycles. The smallest absolute Gasteiger partial charge is 0.307 e. The van der Waals surface area contributed by atoms with Gasteiger partial charge in [-0.15, -0.1) is 0 Å². The highest BCUT2D eigenvalue weighted by atomic mass is 32.2. The maximum absolute atomic E-state index is 13.1. The summed E-state index contributed by atoms with van der Waals surface area (Å²) in [6, 6.07) is 20.8. The van der Waals surface area contributed by atoms with E-state index in [1.165, 1.54) is 23.9 Å². The third-order valence-corrected chi connectivity index (χ3v) is 5.47. The number of nitrogens with zero attached hydrogens (tertiary/aromatic N) is 1. The van der Waals surface area contributed by atoms with Crippen molar-refractivity contribution >= 4 is 40.6 Å². The second-order valence-electron chi connectivity index (χ2n) is 6.85. The van der Waals surface area contributed by atoms with E-state index in [1.54, 1.807) is 42.5 Å². The number of nitrogens with one attached hydrogen (secondary N) is 1. The third-order valence-electron chi connectivity index (χ3n) is 4.56. The fraction of sp³-hybridized carbons (Fsp3) is 0.0417. The van der Waals surface area contributed by atoms with Crippen molar-refractivity contribution in [3.8, 4) is 11.1 Å². The summed E-state index contributed by atoms with van der Waals surface area (Å²) in [4.78, 5) is 28.0. The van der Waals surface area contributed by atoms with E-state index in [0.29, 0.717) is 21.3 Å². The van der Waals surface area contributed by atoms with Crippen LogP contribution in [0.3, 0.4) is 0 Å². The Kier molecular flexibility index (Phi) is 5.95. The quantitative estimate of drug-likeness (QED) is 0.556. The first-order valence-corrected chi connectivity index (χ1v) is 10.2. The number of carboxylic acid groups (broad SMARTS) is 1. The molecule has 4 rings (SSSR count). The molecule has 0 radical (unpaired) electrons. The van der Waals surface area contributed by atoms with E-state index in [1.807, 2.05) is 24.3 Å². The molecular formula is C24H17FN2O3S. The molecule has 0 saturated carbocycles. The van der Waals surface area contributed by atoms with Crippen LogP contribution in [-0.2, 0) is 16.0 Å². The second-order valence-corrected chi connectivity index (χ2v) is 7.88. The van der Waals surface area contributed by atoms with Crippen molar-refractivity contribution in [3.05, 3.63) is 94.6 Å². The monoisotopic (exact) mass is 432 g/mol. The predicted octanol–water partition coefficient (Wildman–Crippen LogP) is 5.01. The number of aliphatic carboxylic acids is 1. The summed E-state index contributed by atoms with van der Waals surface area (Å²) in [6.45, 7) is 0. The number of thioether (sulfide) groups is 1. The molecule has 0 bridgehead atoms. The van der Waals surface area contributed by atoms with Crippen LogP contribution >= 0.6 is 11.8 Å². The summed E-state index contributed by atoms with van der Waals surface area (Å²) in [5.74, 6) is -1.39. The van der Waals surface area contributed by atoms with E-state index in [-0.39, 0.29) is 18.1 Å². The highest BCUT2D eigenvalue weighted by Crippen LogP contribution is 2.29. The van der Waals surface area contributed by atoms with Gasteiger partial charge in [0.25, 0.3) is 5.91 Å². The summed E-state index contributed by atoms with van der Waals surface area (Å²) < 4.78 is 13.1. The maximum Gasteiger partial charge on any atom is 0.307 e. The normalized spacial score (nSPS) is 16.0. The van der Waals surface area contributed by atoms with Gasteiger partial charge in [-0.25, -0.2) is 9.38 Å². The fourth-order valence-electron chi connectivity index (χ4n) is 3.03. The van der Waals surface area contributed by atoms with Crippen molar-refractivity contribution in [1.29, 1.82) is 0 Å². The third kappa shape index (κ3) is 5.26. The van der Waals surface area contributed by atoms with Gasteiger partial charge in [-0.05, 0) is 64.4 Å². The molecule has 1 heterocycles. The van der Waals surface area contributed by atoms with Crippen molar-refractivity contribution in [1.82, 2.24) is 5.32 Å². The van der Waals surface area contributed by atoms with Crippen LogP contribution in [0.25, 0.3) is 17.2 Å². The van der Waals surface area contributed by atoms with Crippen LogP contribution in [0.4, 0.5) is 10.1 Å². The number of benzene rings is 3. The number of rotatable bonds is 5. The minimum Gasteiger partial charge on any atom is -0.481 e. The molecule has 154 valence electrons. The Morgan fingerprint density at radius 2 is 1.58 bits per heavy atom. The number of halogens is 1. The molecule has 0 atom stereocenters. The van der Waals surface area contributed by atoms with Gasteiger partial charge in [0.1, 0.15) is 5.82 Å². The highest BCUT2D eigenvalue weighted by Gasteiger charge is 2.23. The molecule has 7 heteroatoms. The first-order valence-electron chi connectivity index (χ1n) is 9.42. The minimum atomic E-state index is -0.891. The van der Waals surface area contributed by atoms with Gasteiger partial charge in [0.2, 0.25) is 0 Å². The Morgan fingerprint density at radius 3 is 2.19 bits per heavy atom. The zero-order chi connectivity index (χ0) is 21.8. The van der Waals surface area contributed by atoms with Gasteiger partial charge < -0.3 is 10.4 Å². The average Bonchev–Trinajstić information content (AvgIpc) is 3.09. The lowest BCUT2D eigenvalue weighted by atomic mass is 10.0. The van der Waals surface area contributed by atoms with Crippen LogP contribution in [-0.4, -0.2) is 22.2 Å². The summed E-state index contributed by atoms with van der Waals surface area (Å²) >= 11 is 1.24. The number of carbonyl (C=O) groups excluding carboxylic acids is 1. The van der Waals surface area contributed by atoms with Crippen LogP contribution < -0.4 is 5.32 Å². The lowest BCUT2D eigenvalue weighted by Gasteiger charge is -2.02. The van der Waals surface area contributed by atoms with E-state index in [0.717, 1.165) is 16.7 Å². The molecule has 1 aliphatic heterocycles.